The average molecular weight is 402 g/mol. The van der Waals surface area contributed by atoms with Crippen molar-refractivity contribution < 1.29 is 17.9 Å². The third-order valence-corrected chi connectivity index (χ3v) is 7.16. The van der Waals surface area contributed by atoms with Crippen LogP contribution in [0.1, 0.15) is 6.42 Å². The van der Waals surface area contributed by atoms with Gasteiger partial charge in [-0.2, -0.15) is 4.31 Å². The van der Waals surface area contributed by atoms with Crippen LogP contribution in [0.2, 0.25) is 5.02 Å². The van der Waals surface area contributed by atoms with Crippen LogP contribution in [0.5, 0.6) is 0 Å². The molecule has 2 heterocycles. The van der Waals surface area contributed by atoms with Crippen molar-refractivity contribution in [2.24, 2.45) is 0 Å². The molecule has 2 aliphatic rings. The van der Waals surface area contributed by atoms with E-state index in [2.05, 4.69) is 4.90 Å². The molecule has 1 aromatic carbocycles. The fourth-order valence-electron chi connectivity index (χ4n) is 3.50. The number of amides is 1. The van der Waals surface area contributed by atoms with Crippen LogP contribution in [-0.4, -0.2) is 87.5 Å². The molecule has 1 amide bonds. The number of sulfonamides is 1. The minimum absolute atomic E-state index is 0.121. The van der Waals surface area contributed by atoms with Gasteiger partial charge in [-0.05, 0) is 30.7 Å². The number of carbonyl (C=O) groups is 1. The molecule has 0 radical (unpaired) electrons. The Balaban J connectivity index is 1.59. The van der Waals surface area contributed by atoms with Crippen molar-refractivity contribution in [2.45, 2.75) is 17.4 Å². The molecule has 0 aromatic heterocycles. The lowest BCUT2D eigenvalue weighted by Gasteiger charge is -2.36. The van der Waals surface area contributed by atoms with Gasteiger partial charge in [-0.3, -0.25) is 9.69 Å². The van der Waals surface area contributed by atoms with E-state index in [1.165, 1.54) is 16.4 Å². The number of ether oxygens (including phenoxy) is 1. The zero-order valence-corrected chi connectivity index (χ0v) is 16.4. The molecule has 1 atom stereocenters. The van der Waals surface area contributed by atoms with Crippen molar-refractivity contribution in [1.29, 1.82) is 0 Å². The first kappa shape index (κ1) is 19.6. The topological polar surface area (TPSA) is 70.2 Å². The zero-order chi connectivity index (χ0) is 18.7. The van der Waals surface area contributed by atoms with Gasteiger partial charge >= 0.3 is 0 Å². The number of nitrogens with zero attached hydrogens (tertiary/aromatic N) is 3. The Labute approximate surface area is 159 Å². The molecular weight excluding hydrogens is 378 g/mol. The fraction of sp³-hybridized carbons (Fsp3) is 0.588. The molecule has 2 fully saturated rings. The first-order valence-corrected chi connectivity index (χ1v) is 10.5. The summed E-state index contributed by atoms with van der Waals surface area (Å²) in [6, 6.07) is 6.07. The van der Waals surface area contributed by atoms with Crippen LogP contribution in [0, 0.1) is 0 Å². The maximum atomic E-state index is 12.7. The van der Waals surface area contributed by atoms with Crippen LogP contribution in [0.25, 0.3) is 0 Å². The number of hydrogen-bond acceptors (Lipinski definition) is 5. The van der Waals surface area contributed by atoms with Crippen molar-refractivity contribution in [3.63, 3.8) is 0 Å². The number of methoxy groups -OCH3 is 1. The minimum atomic E-state index is -3.53. The van der Waals surface area contributed by atoms with Gasteiger partial charge in [-0.25, -0.2) is 8.42 Å². The predicted octanol–water partition coefficient (Wildman–Crippen LogP) is 0.894. The maximum Gasteiger partial charge on any atom is 0.243 e. The lowest BCUT2D eigenvalue weighted by Crippen LogP contribution is -2.53. The predicted molar refractivity (Wildman–Crippen MR) is 98.6 cm³/mol. The van der Waals surface area contributed by atoms with E-state index >= 15 is 0 Å². The summed E-state index contributed by atoms with van der Waals surface area (Å²) < 4.78 is 32.0. The Kier molecular flexibility index (Phi) is 6.19. The highest BCUT2D eigenvalue weighted by Crippen LogP contribution is 2.23. The maximum absolute atomic E-state index is 12.7. The Morgan fingerprint density at radius 2 is 1.77 bits per heavy atom. The van der Waals surface area contributed by atoms with Crippen LogP contribution in [0.4, 0.5) is 0 Å². The molecule has 144 valence electrons. The van der Waals surface area contributed by atoms with Crippen LogP contribution >= 0.6 is 11.6 Å². The van der Waals surface area contributed by atoms with Crippen LogP contribution in [0.3, 0.4) is 0 Å². The summed E-state index contributed by atoms with van der Waals surface area (Å²) in [5, 5.41) is 0.506. The van der Waals surface area contributed by atoms with Gasteiger partial charge in [0.1, 0.15) is 0 Å². The smallest absolute Gasteiger partial charge is 0.243 e. The summed E-state index contributed by atoms with van der Waals surface area (Å²) in [5.41, 5.74) is 0. The number of benzene rings is 1. The van der Waals surface area contributed by atoms with Crippen molar-refractivity contribution in [1.82, 2.24) is 14.1 Å². The number of hydrogen-bond donors (Lipinski definition) is 0. The quantitative estimate of drug-likeness (QED) is 0.708. The van der Waals surface area contributed by atoms with Gasteiger partial charge in [-0.1, -0.05) is 11.6 Å². The molecule has 0 spiro atoms. The van der Waals surface area contributed by atoms with Gasteiger partial charge < -0.3 is 9.64 Å². The van der Waals surface area contributed by atoms with Gasteiger partial charge in [0, 0.05) is 51.4 Å². The summed E-state index contributed by atoms with van der Waals surface area (Å²) in [5.74, 6) is 0.121. The monoisotopic (exact) mass is 401 g/mol. The molecule has 1 aromatic rings. The molecule has 26 heavy (non-hydrogen) atoms. The molecular formula is C17H24ClN3O4S. The third kappa shape index (κ3) is 4.04. The number of piperazine rings is 1. The molecule has 7 nitrogen and oxygen atoms in total. The van der Waals surface area contributed by atoms with E-state index in [1.807, 2.05) is 4.90 Å². The molecule has 0 N–H and O–H groups in total. The highest BCUT2D eigenvalue weighted by atomic mass is 35.5. The summed E-state index contributed by atoms with van der Waals surface area (Å²) in [7, 11) is -1.90. The molecule has 0 aliphatic carbocycles. The SMILES string of the molecule is COCCN1CCC(N2CCN(S(=O)(=O)c3ccc(Cl)cc3)CC2)C1=O. The minimum Gasteiger partial charge on any atom is -0.383 e. The highest BCUT2D eigenvalue weighted by Gasteiger charge is 2.38. The number of halogens is 1. The fourth-order valence-corrected chi connectivity index (χ4v) is 5.04. The Hall–Kier alpha value is -1.19. The molecule has 2 saturated heterocycles. The van der Waals surface area contributed by atoms with E-state index in [0.717, 1.165) is 13.0 Å². The Morgan fingerprint density at radius 1 is 1.12 bits per heavy atom. The summed E-state index contributed by atoms with van der Waals surface area (Å²) in [4.78, 5) is 16.7. The van der Waals surface area contributed by atoms with Gasteiger partial charge in [-0.15, -0.1) is 0 Å². The van der Waals surface area contributed by atoms with Crippen LogP contribution in [-0.2, 0) is 19.6 Å². The van der Waals surface area contributed by atoms with E-state index < -0.39 is 10.0 Å². The number of carbonyl (C=O) groups excluding carboxylic acids is 1. The van der Waals surface area contributed by atoms with Crippen molar-refractivity contribution in [2.75, 3.05) is 53.0 Å². The second-order valence-corrected chi connectivity index (χ2v) is 8.89. The zero-order valence-electron chi connectivity index (χ0n) is 14.8. The van der Waals surface area contributed by atoms with E-state index in [-0.39, 0.29) is 16.8 Å². The van der Waals surface area contributed by atoms with Crippen molar-refractivity contribution in [3.05, 3.63) is 29.3 Å². The molecule has 1 unspecified atom stereocenters. The molecule has 0 saturated carbocycles. The van der Waals surface area contributed by atoms with E-state index in [1.54, 1.807) is 19.2 Å². The van der Waals surface area contributed by atoms with Gasteiger partial charge in [0.15, 0.2) is 0 Å². The molecule has 3 rings (SSSR count). The molecule has 0 bridgehead atoms. The Morgan fingerprint density at radius 3 is 2.38 bits per heavy atom. The summed E-state index contributed by atoms with van der Waals surface area (Å²) >= 11 is 5.84. The van der Waals surface area contributed by atoms with Gasteiger partial charge in [0.05, 0.1) is 17.5 Å². The van der Waals surface area contributed by atoms with Crippen molar-refractivity contribution in [3.8, 4) is 0 Å². The number of rotatable bonds is 6. The molecule has 9 heteroatoms. The lowest BCUT2D eigenvalue weighted by atomic mass is 10.2. The third-order valence-electron chi connectivity index (χ3n) is 5.00. The van der Waals surface area contributed by atoms with E-state index in [0.29, 0.717) is 44.4 Å². The first-order chi connectivity index (χ1) is 12.4. The first-order valence-electron chi connectivity index (χ1n) is 8.71. The number of likely N-dealkylation sites (tertiary alicyclic amines) is 1. The Bertz CT molecular complexity index is 733. The van der Waals surface area contributed by atoms with Crippen LogP contribution in [0.15, 0.2) is 29.2 Å². The van der Waals surface area contributed by atoms with Gasteiger partial charge in [0.2, 0.25) is 15.9 Å². The summed E-state index contributed by atoms with van der Waals surface area (Å²) in [6.07, 6.45) is 0.784. The second-order valence-electron chi connectivity index (χ2n) is 6.52. The van der Waals surface area contributed by atoms with Gasteiger partial charge in [0.25, 0.3) is 0 Å². The standard InChI is InChI=1S/C17H24ClN3O4S/c1-25-13-12-20-7-6-16(17(20)22)19-8-10-21(11-9-19)26(23,24)15-4-2-14(18)3-5-15/h2-5,16H,6-13H2,1H3. The van der Waals surface area contributed by atoms with E-state index in [4.69, 9.17) is 16.3 Å². The highest BCUT2D eigenvalue weighted by molar-refractivity contribution is 7.89. The largest absolute Gasteiger partial charge is 0.383 e. The molecule has 2 aliphatic heterocycles. The van der Waals surface area contributed by atoms with Crippen LogP contribution < -0.4 is 0 Å². The van der Waals surface area contributed by atoms with E-state index in [9.17, 15) is 13.2 Å². The lowest BCUT2D eigenvalue weighted by molar-refractivity contribution is -0.133. The summed E-state index contributed by atoms with van der Waals surface area (Å²) in [6.45, 7) is 3.75. The normalized spacial score (nSPS) is 22.9. The average Bonchev–Trinajstić information content (AvgIpc) is 3.01. The van der Waals surface area contributed by atoms with Crippen molar-refractivity contribution >= 4 is 27.5 Å². The second kappa shape index (κ2) is 8.22.